The van der Waals surface area contributed by atoms with Crippen LogP contribution in [0.3, 0.4) is 0 Å². The first-order valence-electron chi connectivity index (χ1n) is 10.7. The van der Waals surface area contributed by atoms with Crippen LogP contribution in [0.2, 0.25) is 5.02 Å². The van der Waals surface area contributed by atoms with Crippen molar-refractivity contribution in [2.75, 3.05) is 13.1 Å². The van der Waals surface area contributed by atoms with E-state index in [9.17, 15) is 13.8 Å². The summed E-state index contributed by atoms with van der Waals surface area (Å²) in [4.78, 5) is 24.7. The second kappa shape index (κ2) is 11.4. The number of amides is 2. The molecule has 0 radical (unpaired) electrons. The zero-order valence-electron chi connectivity index (χ0n) is 17.8. The van der Waals surface area contributed by atoms with Gasteiger partial charge in [-0.05, 0) is 42.5 Å². The van der Waals surface area contributed by atoms with Crippen LogP contribution in [0.25, 0.3) is 0 Å². The standard InChI is InChI=1S/C24H29ClN2O3S/c1-19(28)26(16-8-3-2-5-9-20-10-6-4-7-11-20)27-17-23(24(27)29)31(30)18-21-12-14-22(25)15-13-21/h4,6-7,10-15,23H,2-3,5,8-9,16-18H2,1H3. The molecule has 1 aliphatic heterocycles. The van der Waals surface area contributed by atoms with Crippen molar-refractivity contribution in [1.82, 2.24) is 10.0 Å². The van der Waals surface area contributed by atoms with Gasteiger partial charge >= 0.3 is 0 Å². The Morgan fingerprint density at radius 1 is 1.03 bits per heavy atom. The van der Waals surface area contributed by atoms with E-state index in [4.69, 9.17) is 11.6 Å². The zero-order valence-corrected chi connectivity index (χ0v) is 19.4. The average Bonchev–Trinajstić information content (AvgIpc) is 2.76. The molecular weight excluding hydrogens is 432 g/mol. The lowest BCUT2D eigenvalue weighted by Gasteiger charge is -2.44. The Balaban J connectivity index is 1.40. The third-order valence-corrected chi connectivity index (χ3v) is 7.35. The molecule has 0 N–H and O–H groups in total. The van der Waals surface area contributed by atoms with Gasteiger partial charge in [0.1, 0.15) is 5.25 Å². The third-order valence-electron chi connectivity index (χ3n) is 5.49. The van der Waals surface area contributed by atoms with Gasteiger partial charge in [0.15, 0.2) is 0 Å². The van der Waals surface area contributed by atoms with E-state index in [2.05, 4.69) is 24.3 Å². The summed E-state index contributed by atoms with van der Waals surface area (Å²) in [7, 11) is -1.32. The monoisotopic (exact) mass is 460 g/mol. The van der Waals surface area contributed by atoms with Gasteiger partial charge in [0.25, 0.3) is 5.91 Å². The molecule has 0 bridgehead atoms. The Morgan fingerprint density at radius 2 is 1.71 bits per heavy atom. The summed E-state index contributed by atoms with van der Waals surface area (Å²) >= 11 is 5.88. The molecule has 0 saturated carbocycles. The van der Waals surface area contributed by atoms with Crippen LogP contribution in [0.5, 0.6) is 0 Å². The summed E-state index contributed by atoms with van der Waals surface area (Å²) in [5.74, 6) is -0.0748. The Kier molecular flexibility index (Phi) is 8.67. The van der Waals surface area contributed by atoms with Crippen molar-refractivity contribution < 1.29 is 13.8 Å². The van der Waals surface area contributed by atoms with Crippen LogP contribution < -0.4 is 0 Å². The first-order chi connectivity index (χ1) is 15.0. The minimum Gasteiger partial charge on any atom is -0.273 e. The topological polar surface area (TPSA) is 57.7 Å². The van der Waals surface area contributed by atoms with Crippen LogP contribution in [0.4, 0.5) is 0 Å². The largest absolute Gasteiger partial charge is 0.273 e. The van der Waals surface area contributed by atoms with E-state index >= 15 is 0 Å². The van der Waals surface area contributed by atoms with Gasteiger partial charge in [0.05, 0.1) is 6.54 Å². The van der Waals surface area contributed by atoms with Gasteiger partial charge in [-0.25, -0.2) is 5.01 Å². The van der Waals surface area contributed by atoms with E-state index in [1.807, 2.05) is 18.2 Å². The van der Waals surface area contributed by atoms with Crippen molar-refractivity contribution in [3.63, 3.8) is 0 Å². The second-order valence-corrected chi connectivity index (χ2v) is 9.91. The smallest absolute Gasteiger partial charge is 0.258 e. The Hall–Kier alpha value is -2.18. The molecule has 1 saturated heterocycles. The first kappa shape index (κ1) is 23.5. The number of unbranched alkanes of at least 4 members (excludes halogenated alkanes) is 3. The van der Waals surface area contributed by atoms with Gasteiger partial charge in [0, 0.05) is 35.0 Å². The lowest BCUT2D eigenvalue weighted by atomic mass is 10.1. The number of carbonyl (C=O) groups excluding carboxylic acids is 2. The number of aryl methyl sites for hydroxylation is 1. The lowest BCUT2D eigenvalue weighted by Crippen LogP contribution is -2.65. The van der Waals surface area contributed by atoms with E-state index < -0.39 is 16.0 Å². The van der Waals surface area contributed by atoms with E-state index in [-0.39, 0.29) is 11.8 Å². The molecule has 0 aliphatic carbocycles. The highest BCUT2D eigenvalue weighted by Crippen LogP contribution is 2.22. The molecule has 1 heterocycles. The van der Waals surface area contributed by atoms with Gasteiger partial charge in [-0.2, -0.15) is 0 Å². The lowest BCUT2D eigenvalue weighted by molar-refractivity contribution is -0.173. The molecule has 7 heteroatoms. The van der Waals surface area contributed by atoms with Crippen LogP contribution in [0, 0.1) is 0 Å². The fourth-order valence-corrected chi connectivity index (χ4v) is 5.18. The fraction of sp³-hybridized carbons (Fsp3) is 0.417. The van der Waals surface area contributed by atoms with E-state index in [0.29, 0.717) is 23.9 Å². The van der Waals surface area contributed by atoms with E-state index in [1.165, 1.54) is 22.5 Å². The maximum Gasteiger partial charge on any atom is 0.258 e. The quantitative estimate of drug-likeness (QED) is 0.369. The number of hydrogen-bond donors (Lipinski definition) is 0. The molecule has 1 fully saturated rings. The summed E-state index contributed by atoms with van der Waals surface area (Å²) in [6, 6.07) is 17.6. The highest BCUT2D eigenvalue weighted by molar-refractivity contribution is 7.85. The maximum atomic E-state index is 12.6. The minimum absolute atomic E-state index is 0.153. The highest BCUT2D eigenvalue weighted by atomic mass is 35.5. The molecule has 3 rings (SSSR count). The van der Waals surface area contributed by atoms with Gasteiger partial charge in [-0.3, -0.25) is 18.8 Å². The number of β-lactam (4-membered cyclic amide) rings is 1. The van der Waals surface area contributed by atoms with Crippen LogP contribution in [-0.4, -0.2) is 44.4 Å². The predicted octanol–water partition coefficient (Wildman–Crippen LogP) is 4.37. The van der Waals surface area contributed by atoms with Crippen LogP contribution >= 0.6 is 11.6 Å². The van der Waals surface area contributed by atoms with Gasteiger partial charge < -0.3 is 0 Å². The van der Waals surface area contributed by atoms with Crippen LogP contribution in [0.15, 0.2) is 54.6 Å². The molecule has 1 aliphatic rings. The molecular formula is C24H29ClN2O3S. The average molecular weight is 461 g/mol. The summed E-state index contributed by atoms with van der Waals surface area (Å²) in [6.07, 6.45) is 5.10. The fourth-order valence-electron chi connectivity index (χ4n) is 3.67. The SMILES string of the molecule is CC(=O)N(CCCCCCc1ccccc1)N1CC(S(=O)Cc2ccc(Cl)cc2)C1=O. The Labute approximate surface area is 191 Å². The van der Waals surface area contributed by atoms with Gasteiger partial charge in [0.2, 0.25) is 5.91 Å². The van der Waals surface area contributed by atoms with Crippen molar-refractivity contribution in [2.45, 2.75) is 50.0 Å². The molecule has 2 atom stereocenters. The van der Waals surface area contributed by atoms with E-state index in [0.717, 1.165) is 37.7 Å². The molecule has 166 valence electrons. The van der Waals surface area contributed by atoms with Crippen molar-refractivity contribution in [1.29, 1.82) is 0 Å². The molecule has 31 heavy (non-hydrogen) atoms. The molecule has 2 aromatic rings. The molecule has 2 aromatic carbocycles. The van der Waals surface area contributed by atoms with Crippen molar-refractivity contribution in [3.8, 4) is 0 Å². The number of rotatable bonds is 11. The number of hydrazine groups is 1. The van der Waals surface area contributed by atoms with Crippen molar-refractivity contribution >= 4 is 34.2 Å². The van der Waals surface area contributed by atoms with Crippen LogP contribution in [-0.2, 0) is 32.6 Å². The maximum absolute atomic E-state index is 12.6. The zero-order chi connectivity index (χ0) is 22.2. The summed E-state index contributed by atoms with van der Waals surface area (Å²) < 4.78 is 12.6. The number of benzene rings is 2. The number of halogens is 1. The van der Waals surface area contributed by atoms with Crippen LogP contribution in [0.1, 0.15) is 43.7 Å². The number of carbonyl (C=O) groups is 2. The summed E-state index contributed by atoms with van der Waals surface area (Å²) in [5, 5.41) is 3.03. The Bertz CT molecular complexity index is 905. The normalized spacial score (nSPS) is 16.6. The highest BCUT2D eigenvalue weighted by Gasteiger charge is 2.44. The van der Waals surface area contributed by atoms with Crippen molar-refractivity contribution in [3.05, 3.63) is 70.7 Å². The summed E-state index contributed by atoms with van der Waals surface area (Å²) in [6.45, 7) is 2.32. The molecule has 2 unspecified atom stereocenters. The number of nitrogens with zero attached hydrogens (tertiary/aromatic N) is 2. The molecule has 0 spiro atoms. The summed E-state index contributed by atoms with van der Waals surface area (Å²) in [5.41, 5.74) is 2.23. The number of hydrogen-bond acceptors (Lipinski definition) is 3. The van der Waals surface area contributed by atoms with E-state index in [1.54, 1.807) is 12.1 Å². The van der Waals surface area contributed by atoms with Crippen molar-refractivity contribution in [2.24, 2.45) is 0 Å². The Morgan fingerprint density at radius 3 is 2.35 bits per heavy atom. The molecule has 0 aromatic heterocycles. The van der Waals surface area contributed by atoms with Gasteiger partial charge in [-0.15, -0.1) is 0 Å². The molecule has 5 nitrogen and oxygen atoms in total. The minimum atomic E-state index is -1.32. The molecule has 2 amide bonds. The predicted molar refractivity (Wildman–Crippen MR) is 125 cm³/mol. The van der Waals surface area contributed by atoms with Gasteiger partial charge in [-0.1, -0.05) is 66.9 Å². The third kappa shape index (κ3) is 6.65. The second-order valence-electron chi connectivity index (χ2n) is 7.85. The first-order valence-corrected chi connectivity index (χ1v) is 12.5.